The fraction of sp³-hybridized carbons (Fsp3) is 0.864. The van der Waals surface area contributed by atoms with Crippen molar-refractivity contribution in [2.75, 3.05) is 19.7 Å². The molecule has 0 aromatic rings. The summed E-state index contributed by atoms with van der Waals surface area (Å²) in [6.07, 6.45) is 12.5. The SMILES string of the molecule is CCCCCCCCCCCC(=O)N(CC)[C@@H](CCCN=C(N)N)C(=O)OCC. The number of aliphatic imine (C=N–C) groups is 1. The number of amides is 1. The van der Waals surface area contributed by atoms with Crippen molar-refractivity contribution in [2.45, 2.75) is 104 Å². The van der Waals surface area contributed by atoms with E-state index in [4.69, 9.17) is 16.2 Å². The van der Waals surface area contributed by atoms with Crippen LogP contribution in [0.2, 0.25) is 0 Å². The number of ether oxygens (including phenoxy) is 1. The van der Waals surface area contributed by atoms with Crippen molar-refractivity contribution in [3.63, 3.8) is 0 Å². The molecule has 0 saturated carbocycles. The molecule has 0 fully saturated rings. The first kappa shape index (κ1) is 27.2. The Morgan fingerprint density at radius 3 is 2.00 bits per heavy atom. The minimum absolute atomic E-state index is 0.0235. The van der Waals surface area contributed by atoms with Crippen LogP contribution in [0.5, 0.6) is 0 Å². The lowest BCUT2D eigenvalue weighted by atomic mass is 10.1. The van der Waals surface area contributed by atoms with Gasteiger partial charge in [0.2, 0.25) is 5.91 Å². The van der Waals surface area contributed by atoms with E-state index in [9.17, 15) is 9.59 Å². The molecule has 7 heteroatoms. The zero-order valence-corrected chi connectivity index (χ0v) is 19.0. The van der Waals surface area contributed by atoms with Crippen LogP contribution >= 0.6 is 0 Å². The standard InChI is InChI=1S/C22H44N4O3/c1-4-7-8-9-10-11-12-13-14-17-20(27)26(5-2)19(21(28)29-6-3)16-15-18-25-22(23)24/h19H,4-18H2,1-3H3,(H4,23,24,25)/t19-/m0/s1. The monoisotopic (exact) mass is 412 g/mol. The van der Waals surface area contributed by atoms with Gasteiger partial charge in [0.1, 0.15) is 6.04 Å². The van der Waals surface area contributed by atoms with Gasteiger partial charge >= 0.3 is 5.97 Å². The van der Waals surface area contributed by atoms with Crippen molar-refractivity contribution < 1.29 is 14.3 Å². The van der Waals surface area contributed by atoms with Gasteiger partial charge in [-0.1, -0.05) is 58.3 Å². The predicted molar refractivity (Wildman–Crippen MR) is 120 cm³/mol. The molecule has 0 aliphatic carbocycles. The van der Waals surface area contributed by atoms with Gasteiger partial charge in [-0.15, -0.1) is 0 Å². The molecule has 170 valence electrons. The lowest BCUT2D eigenvalue weighted by molar-refractivity contribution is -0.155. The molecule has 1 amide bonds. The smallest absolute Gasteiger partial charge is 0.328 e. The molecule has 0 aliphatic rings. The number of nitrogens with zero attached hydrogens (tertiary/aromatic N) is 2. The van der Waals surface area contributed by atoms with E-state index in [1.54, 1.807) is 11.8 Å². The van der Waals surface area contributed by atoms with E-state index < -0.39 is 6.04 Å². The van der Waals surface area contributed by atoms with Crippen LogP contribution in [-0.2, 0) is 14.3 Å². The average Bonchev–Trinajstić information content (AvgIpc) is 2.68. The van der Waals surface area contributed by atoms with E-state index in [0.29, 0.717) is 39.0 Å². The van der Waals surface area contributed by atoms with Crippen molar-refractivity contribution in [1.29, 1.82) is 0 Å². The van der Waals surface area contributed by atoms with E-state index in [-0.39, 0.29) is 17.8 Å². The second-order valence-electron chi connectivity index (χ2n) is 7.47. The fourth-order valence-electron chi connectivity index (χ4n) is 3.43. The molecule has 1 atom stereocenters. The molecule has 0 saturated heterocycles. The molecule has 0 radical (unpaired) electrons. The molecular formula is C22H44N4O3. The predicted octanol–water partition coefficient (Wildman–Crippen LogP) is 3.74. The van der Waals surface area contributed by atoms with Crippen LogP contribution in [0.3, 0.4) is 0 Å². The van der Waals surface area contributed by atoms with Gasteiger partial charge in [0.25, 0.3) is 0 Å². The average molecular weight is 413 g/mol. The second-order valence-corrected chi connectivity index (χ2v) is 7.47. The quantitative estimate of drug-likeness (QED) is 0.154. The van der Waals surface area contributed by atoms with Gasteiger partial charge in [-0.2, -0.15) is 0 Å². The summed E-state index contributed by atoms with van der Waals surface area (Å²) in [7, 11) is 0. The van der Waals surface area contributed by atoms with E-state index in [1.807, 2.05) is 6.92 Å². The lowest BCUT2D eigenvalue weighted by Gasteiger charge is -2.29. The molecule has 29 heavy (non-hydrogen) atoms. The Balaban J connectivity index is 4.41. The van der Waals surface area contributed by atoms with E-state index in [1.165, 1.54) is 44.9 Å². The minimum Gasteiger partial charge on any atom is -0.464 e. The third-order valence-corrected chi connectivity index (χ3v) is 5.02. The van der Waals surface area contributed by atoms with E-state index >= 15 is 0 Å². The second kappa shape index (κ2) is 18.3. The van der Waals surface area contributed by atoms with Crippen LogP contribution < -0.4 is 11.5 Å². The van der Waals surface area contributed by atoms with Crippen LogP contribution in [0.1, 0.15) is 97.8 Å². The molecule has 0 unspecified atom stereocenters. The van der Waals surface area contributed by atoms with Crippen LogP contribution in [0.15, 0.2) is 4.99 Å². The number of unbranched alkanes of at least 4 members (excludes halogenated alkanes) is 8. The summed E-state index contributed by atoms with van der Waals surface area (Å²) in [5.41, 5.74) is 10.7. The van der Waals surface area contributed by atoms with Crippen LogP contribution in [0, 0.1) is 0 Å². The Bertz CT molecular complexity index is 465. The first-order chi connectivity index (χ1) is 14.0. The zero-order chi connectivity index (χ0) is 21.9. The van der Waals surface area contributed by atoms with Gasteiger partial charge in [-0.05, 0) is 33.1 Å². The van der Waals surface area contributed by atoms with Crippen molar-refractivity contribution in [1.82, 2.24) is 4.90 Å². The Labute approximate surface area is 177 Å². The van der Waals surface area contributed by atoms with Gasteiger partial charge in [-0.3, -0.25) is 9.79 Å². The largest absolute Gasteiger partial charge is 0.464 e. The summed E-state index contributed by atoms with van der Waals surface area (Å²) in [6, 6.07) is -0.569. The van der Waals surface area contributed by atoms with Crippen molar-refractivity contribution in [3.8, 4) is 0 Å². The molecule has 0 rings (SSSR count). The number of hydrogen-bond donors (Lipinski definition) is 2. The Kier molecular flexibility index (Phi) is 17.1. The number of esters is 1. The number of nitrogens with two attached hydrogens (primary N) is 2. The van der Waals surface area contributed by atoms with E-state index in [2.05, 4.69) is 11.9 Å². The zero-order valence-electron chi connectivity index (χ0n) is 19.0. The summed E-state index contributed by atoms with van der Waals surface area (Å²) >= 11 is 0. The third kappa shape index (κ3) is 13.9. The number of rotatable bonds is 18. The van der Waals surface area contributed by atoms with Crippen molar-refractivity contribution in [2.24, 2.45) is 16.5 Å². The maximum absolute atomic E-state index is 12.7. The van der Waals surface area contributed by atoms with Crippen molar-refractivity contribution >= 4 is 17.8 Å². The maximum atomic E-state index is 12.7. The first-order valence-corrected chi connectivity index (χ1v) is 11.5. The van der Waals surface area contributed by atoms with E-state index in [0.717, 1.165) is 12.8 Å². The molecule has 4 N–H and O–H groups in total. The number of likely N-dealkylation sites (N-methyl/N-ethyl adjacent to an activating group) is 1. The number of carbonyl (C=O) groups is 2. The highest BCUT2D eigenvalue weighted by Crippen LogP contribution is 2.15. The molecule has 0 aliphatic heterocycles. The van der Waals surface area contributed by atoms with Gasteiger partial charge in [0.05, 0.1) is 6.61 Å². The molecule has 0 aromatic heterocycles. The summed E-state index contributed by atoms with van der Waals surface area (Å²) in [6.45, 7) is 7.12. The normalized spacial score (nSPS) is 11.7. The summed E-state index contributed by atoms with van der Waals surface area (Å²) in [5, 5.41) is 0. The summed E-state index contributed by atoms with van der Waals surface area (Å²) in [4.78, 5) is 30.7. The van der Waals surface area contributed by atoms with Crippen LogP contribution in [0.4, 0.5) is 0 Å². The van der Waals surface area contributed by atoms with Gasteiger partial charge < -0.3 is 21.1 Å². The topological polar surface area (TPSA) is 111 Å². The molecule has 0 heterocycles. The summed E-state index contributed by atoms with van der Waals surface area (Å²) in [5.74, 6) is -0.290. The highest BCUT2D eigenvalue weighted by Gasteiger charge is 2.29. The lowest BCUT2D eigenvalue weighted by Crippen LogP contribution is -2.45. The van der Waals surface area contributed by atoms with Crippen LogP contribution in [0.25, 0.3) is 0 Å². The van der Waals surface area contributed by atoms with Gasteiger partial charge in [0, 0.05) is 19.5 Å². The van der Waals surface area contributed by atoms with Crippen LogP contribution in [-0.4, -0.2) is 48.5 Å². The van der Waals surface area contributed by atoms with Crippen molar-refractivity contribution in [3.05, 3.63) is 0 Å². The molecular weight excluding hydrogens is 368 g/mol. The molecule has 0 aromatic carbocycles. The third-order valence-electron chi connectivity index (χ3n) is 5.02. The number of guanidine groups is 1. The van der Waals surface area contributed by atoms with Gasteiger partial charge in [-0.25, -0.2) is 4.79 Å². The minimum atomic E-state index is -0.569. The number of hydrogen-bond acceptors (Lipinski definition) is 4. The molecule has 0 bridgehead atoms. The molecule has 7 nitrogen and oxygen atoms in total. The number of carbonyl (C=O) groups excluding carboxylic acids is 2. The summed E-state index contributed by atoms with van der Waals surface area (Å²) < 4.78 is 5.19. The first-order valence-electron chi connectivity index (χ1n) is 11.5. The van der Waals surface area contributed by atoms with Gasteiger partial charge in [0.15, 0.2) is 5.96 Å². The Morgan fingerprint density at radius 1 is 0.897 bits per heavy atom. The Morgan fingerprint density at radius 2 is 1.48 bits per heavy atom. The Hall–Kier alpha value is -1.79. The maximum Gasteiger partial charge on any atom is 0.328 e. The highest BCUT2D eigenvalue weighted by molar-refractivity contribution is 5.84. The highest BCUT2D eigenvalue weighted by atomic mass is 16.5. The fourth-order valence-corrected chi connectivity index (χ4v) is 3.43. The molecule has 0 spiro atoms.